The lowest BCUT2D eigenvalue weighted by molar-refractivity contribution is 0.155. The lowest BCUT2D eigenvalue weighted by atomic mass is 10.2. The second kappa shape index (κ2) is 7.43. The maximum atomic E-state index is 11.9. The van der Waals surface area contributed by atoms with Crippen molar-refractivity contribution in [3.63, 3.8) is 0 Å². The largest absolute Gasteiger partial charge is 0.444 e. The van der Waals surface area contributed by atoms with Crippen molar-refractivity contribution in [3.05, 3.63) is 69.0 Å². The summed E-state index contributed by atoms with van der Waals surface area (Å²) in [6.07, 6.45) is 1.15. The Balaban J connectivity index is 1.57. The first-order valence-electron chi connectivity index (χ1n) is 6.93. The lowest BCUT2D eigenvalue weighted by Gasteiger charge is -2.09. The van der Waals surface area contributed by atoms with E-state index < -0.39 is 6.09 Å². The van der Waals surface area contributed by atoms with Crippen LogP contribution in [0.1, 0.15) is 10.4 Å². The molecule has 0 aliphatic heterocycles. The van der Waals surface area contributed by atoms with Crippen LogP contribution in [-0.2, 0) is 17.9 Å². The number of carbonyl (C=O) groups is 1. The summed E-state index contributed by atoms with van der Waals surface area (Å²) in [5.41, 5.74) is 0.944. The van der Waals surface area contributed by atoms with Crippen LogP contribution in [0.4, 0.5) is 10.6 Å². The molecule has 0 radical (unpaired) electrons. The molecule has 1 N–H and O–H groups in total. The molecule has 3 aromatic rings. The quantitative estimate of drug-likeness (QED) is 0.696. The predicted octanol–water partition coefficient (Wildman–Crippen LogP) is 4.50. The summed E-state index contributed by atoms with van der Waals surface area (Å²) in [5.74, 6) is 0.604. The molecule has 0 bridgehead atoms. The van der Waals surface area contributed by atoms with Gasteiger partial charge in [0.2, 0.25) is 0 Å². The standard InChI is InChI=1S/C16H14BrN3O2S/c17-13-8-14(23-11-13)9-20-15(6-7-18-20)19-16(21)22-10-12-4-2-1-3-5-12/h1-8,11H,9-10H2,(H,19,21). The Morgan fingerprint density at radius 1 is 1.30 bits per heavy atom. The number of hydrogen-bond acceptors (Lipinski definition) is 4. The van der Waals surface area contributed by atoms with Crippen LogP contribution < -0.4 is 5.32 Å². The molecule has 2 aromatic heterocycles. The minimum atomic E-state index is -0.497. The Kier molecular flexibility index (Phi) is 5.09. The van der Waals surface area contributed by atoms with Crippen LogP contribution in [0.2, 0.25) is 0 Å². The van der Waals surface area contributed by atoms with E-state index in [1.54, 1.807) is 28.3 Å². The summed E-state index contributed by atoms with van der Waals surface area (Å²) in [7, 11) is 0. The Labute approximate surface area is 146 Å². The number of hydrogen-bond donors (Lipinski definition) is 1. The second-order valence-electron chi connectivity index (χ2n) is 4.79. The molecule has 0 saturated carbocycles. The first kappa shape index (κ1) is 15.8. The highest BCUT2D eigenvalue weighted by atomic mass is 79.9. The van der Waals surface area contributed by atoms with Crippen LogP contribution in [0.15, 0.2) is 58.5 Å². The molecule has 0 fully saturated rings. The van der Waals surface area contributed by atoms with Crippen LogP contribution in [-0.4, -0.2) is 15.9 Å². The fraction of sp³-hybridized carbons (Fsp3) is 0.125. The molecular weight excluding hydrogens is 378 g/mol. The lowest BCUT2D eigenvalue weighted by Crippen LogP contribution is -2.17. The van der Waals surface area contributed by atoms with E-state index in [-0.39, 0.29) is 6.61 Å². The predicted molar refractivity (Wildman–Crippen MR) is 93.6 cm³/mol. The normalized spacial score (nSPS) is 10.5. The van der Waals surface area contributed by atoms with Gasteiger partial charge in [0.15, 0.2) is 0 Å². The SMILES string of the molecule is O=C(Nc1ccnn1Cc1cc(Br)cs1)OCc1ccccc1. The Morgan fingerprint density at radius 2 is 2.13 bits per heavy atom. The monoisotopic (exact) mass is 391 g/mol. The maximum Gasteiger partial charge on any atom is 0.413 e. The Hall–Kier alpha value is -2.12. The van der Waals surface area contributed by atoms with E-state index in [1.165, 1.54) is 0 Å². The molecule has 118 valence electrons. The smallest absolute Gasteiger partial charge is 0.413 e. The molecule has 0 aliphatic carbocycles. The van der Waals surface area contributed by atoms with Crippen LogP contribution in [0.5, 0.6) is 0 Å². The molecule has 7 heteroatoms. The Morgan fingerprint density at radius 3 is 2.87 bits per heavy atom. The van der Waals surface area contributed by atoms with Gasteiger partial charge in [0.05, 0.1) is 12.7 Å². The highest BCUT2D eigenvalue weighted by molar-refractivity contribution is 9.10. The number of rotatable bonds is 5. The van der Waals surface area contributed by atoms with Crippen molar-refractivity contribution in [2.75, 3.05) is 5.32 Å². The van der Waals surface area contributed by atoms with Gasteiger partial charge in [0.1, 0.15) is 12.4 Å². The summed E-state index contributed by atoms with van der Waals surface area (Å²) < 4.78 is 7.98. The number of aromatic nitrogens is 2. The molecule has 23 heavy (non-hydrogen) atoms. The van der Waals surface area contributed by atoms with Crippen LogP contribution in [0, 0.1) is 0 Å². The van der Waals surface area contributed by atoms with Crippen molar-refractivity contribution in [1.29, 1.82) is 0 Å². The fourth-order valence-corrected chi connectivity index (χ4v) is 3.44. The van der Waals surface area contributed by atoms with Gasteiger partial charge < -0.3 is 4.74 Å². The van der Waals surface area contributed by atoms with Crippen molar-refractivity contribution in [1.82, 2.24) is 9.78 Å². The van der Waals surface area contributed by atoms with E-state index in [2.05, 4.69) is 26.3 Å². The Bertz CT molecular complexity index is 785. The van der Waals surface area contributed by atoms with Gasteiger partial charge in [0, 0.05) is 20.8 Å². The summed E-state index contributed by atoms with van der Waals surface area (Å²) in [6.45, 7) is 0.830. The first-order chi connectivity index (χ1) is 11.2. The molecule has 0 aliphatic rings. The minimum absolute atomic E-state index is 0.235. The van der Waals surface area contributed by atoms with Crippen molar-refractivity contribution < 1.29 is 9.53 Å². The van der Waals surface area contributed by atoms with Crippen LogP contribution in [0.25, 0.3) is 0 Å². The third-order valence-corrected chi connectivity index (χ3v) is 4.77. The zero-order chi connectivity index (χ0) is 16.1. The molecule has 0 saturated heterocycles. The van der Waals surface area contributed by atoms with E-state index >= 15 is 0 Å². The number of carbonyl (C=O) groups excluding carboxylic acids is 1. The van der Waals surface area contributed by atoms with Crippen molar-refractivity contribution >= 4 is 39.2 Å². The van der Waals surface area contributed by atoms with Gasteiger partial charge in [-0.3, -0.25) is 5.32 Å². The van der Waals surface area contributed by atoms with Gasteiger partial charge in [0.25, 0.3) is 0 Å². The van der Waals surface area contributed by atoms with E-state index in [9.17, 15) is 4.79 Å². The van der Waals surface area contributed by atoms with Crippen LogP contribution in [0.3, 0.4) is 0 Å². The summed E-state index contributed by atoms with van der Waals surface area (Å²) >= 11 is 5.06. The second-order valence-corrected chi connectivity index (χ2v) is 6.70. The summed E-state index contributed by atoms with van der Waals surface area (Å²) in [4.78, 5) is 13.1. The molecular formula is C16H14BrN3O2S. The van der Waals surface area contributed by atoms with Crippen molar-refractivity contribution in [2.24, 2.45) is 0 Å². The zero-order valence-corrected chi connectivity index (χ0v) is 14.5. The van der Waals surface area contributed by atoms with Gasteiger partial charge in [-0.15, -0.1) is 11.3 Å². The third-order valence-electron chi connectivity index (χ3n) is 3.09. The molecule has 1 amide bonds. The third kappa shape index (κ3) is 4.43. The summed E-state index contributed by atoms with van der Waals surface area (Å²) in [6, 6.07) is 13.3. The molecule has 3 rings (SSSR count). The van der Waals surface area contributed by atoms with Crippen molar-refractivity contribution in [3.8, 4) is 0 Å². The molecule has 5 nitrogen and oxygen atoms in total. The van der Waals surface area contributed by atoms with E-state index in [0.717, 1.165) is 14.9 Å². The van der Waals surface area contributed by atoms with E-state index in [4.69, 9.17) is 4.74 Å². The fourth-order valence-electron chi connectivity index (χ4n) is 2.01. The van der Waals surface area contributed by atoms with Gasteiger partial charge in [-0.2, -0.15) is 5.10 Å². The number of halogens is 1. The molecule has 0 spiro atoms. The average molecular weight is 392 g/mol. The highest BCUT2D eigenvalue weighted by Crippen LogP contribution is 2.21. The highest BCUT2D eigenvalue weighted by Gasteiger charge is 2.09. The van der Waals surface area contributed by atoms with E-state index in [1.807, 2.05) is 41.8 Å². The first-order valence-corrected chi connectivity index (χ1v) is 8.60. The molecule has 0 unspecified atom stereocenters. The zero-order valence-electron chi connectivity index (χ0n) is 12.1. The molecule has 1 aromatic carbocycles. The maximum absolute atomic E-state index is 11.9. The number of ether oxygens (including phenoxy) is 1. The molecule has 2 heterocycles. The minimum Gasteiger partial charge on any atom is -0.444 e. The van der Waals surface area contributed by atoms with Gasteiger partial charge in [-0.1, -0.05) is 30.3 Å². The topological polar surface area (TPSA) is 56.2 Å². The summed E-state index contributed by atoms with van der Waals surface area (Å²) in [5, 5.41) is 8.96. The van der Waals surface area contributed by atoms with Crippen LogP contribution >= 0.6 is 27.3 Å². The number of benzene rings is 1. The van der Waals surface area contributed by atoms with Gasteiger partial charge in [-0.05, 0) is 27.6 Å². The van der Waals surface area contributed by atoms with Crippen molar-refractivity contribution in [2.45, 2.75) is 13.2 Å². The van der Waals surface area contributed by atoms with Gasteiger partial charge >= 0.3 is 6.09 Å². The van der Waals surface area contributed by atoms with E-state index in [0.29, 0.717) is 12.4 Å². The molecule has 0 atom stereocenters. The number of anilines is 1. The number of nitrogens with zero attached hydrogens (tertiary/aromatic N) is 2. The number of amides is 1. The number of thiophene rings is 1. The van der Waals surface area contributed by atoms with Gasteiger partial charge in [-0.25, -0.2) is 9.48 Å². The number of nitrogens with one attached hydrogen (secondary N) is 1. The average Bonchev–Trinajstić information content (AvgIpc) is 3.16.